The lowest BCUT2D eigenvalue weighted by molar-refractivity contribution is -0.131. The maximum Gasteiger partial charge on any atom is 0.224 e. The molecule has 2 aliphatic rings. The van der Waals surface area contributed by atoms with Gasteiger partial charge in [-0.05, 0) is 49.8 Å². The summed E-state index contributed by atoms with van der Waals surface area (Å²) in [5.41, 5.74) is 1.01. The Kier molecular flexibility index (Phi) is 8.46. The average Bonchev–Trinajstić information content (AvgIpc) is 3.26. The van der Waals surface area contributed by atoms with Gasteiger partial charge in [-0.3, -0.25) is 9.79 Å². The van der Waals surface area contributed by atoms with Crippen molar-refractivity contribution < 1.29 is 9.18 Å². The van der Waals surface area contributed by atoms with Crippen molar-refractivity contribution in [3.8, 4) is 0 Å². The van der Waals surface area contributed by atoms with Crippen molar-refractivity contribution in [3.63, 3.8) is 0 Å². The summed E-state index contributed by atoms with van der Waals surface area (Å²) in [4.78, 5) is 21.3. The third kappa shape index (κ3) is 6.80. The van der Waals surface area contributed by atoms with Crippen molar-refractivity contribution in [3.05, 3.63) is 30.1 Å². The molecule has 0 radical (unpaired) electrons. The lowest BCUT2D eigenvalue weighted by atomic mass is 10.2. The fourth-order valence-electron chi connectivity index (χ4n) is 3.64. The first kappa shape index (κ1) is 21.7. The number of aliphatic imine (C=N–C) groups is 1. The van der Waals surface area contributed by atoms with Gasteiger partial charge < -0.3 is 20.4 Å². The molecule has 1 atom stereocenters. The van der Waals surface area contributed by atoms with E-state index in [1.807, 2.05) is 23.6 Å². The third-order valence-electron chi connectivity index (χ3n) is 5.28. The van der Waals surface area contributed by atoms with Crippen molar-refractivity contribution in [2.75, 3.05) is 56.5 Å². The van der Waals surface area contributed by atoms with Crippen LogP contribution in [0.5, 0.6) is 0 Å². The number of nitrogens with zero attached hydrogens (tertiary/aromatic N) is 3. The molecule has 160 valence electrons. The molecule has 0 aromatic heterocycles. The molecule has 6 nitrogen and oxygen atoms in total. The fourth-order valence-corrected chi connectivity index (χ4v) is 4.82. The van der Waals surface area contributed by atoms with Gasteiger partial charge in [-0.1, -0.05) is 0 Å². The summed E-state index contributed by atoms with van der Waals surface area (Å²) in [5.74, 6) is 1.98. The van der Waals surface area contributed by atoms with Crippen LogP contribution in [0.1, 0.15) is 26.2 Å². The van der Waals surface area contributed by atoms with E-state index in [9.17, 15) is 9.18 Å². The van der Waals surface area contributed by atoms with Crippen LogP contribution in [0.2, 0.25) is 0 Å². The Morgan fingerprint density at radius 1 is 1.21 bits per heavy atom. The first-order chi connectivity index (χ1) is 14.2. The molecular weight excluding hydrogens is 389 g/mol. The first-order valence-electron chi connectivity index (χ1n) is 10.6. The molecule has 1 amide bonds. The maximum atomic E-state index is 13.1. The Balaban J connectivity index is 1.38. The molecule has 0 spiro atoms. The molecule has 0 bridgehead atoms. The zero-order chi connectivity index (χ0) is 20.5. The predicted octanol–water partition coefficient (Wildman–Crippen LogP) is 2.32. The highest BCUT2D eigenvalue weighted by atomic mass is 32.2. The number of thioether (sulfide) groups is 1. The molecule has 2 fully saturated rings. The number of nitrogens with one attached hydrogen (secondary N) is 2. The van der Waals surface area contributed by atoms with E-state index in [1.165, 1.54) is 30.7 Å². The van der Waals surface area contributed by atoms with E-state index < -0.39 is 0 Å². The summed E-state index contributed by atoms with van der Waals surface area (Å²) >= 11 is 2.00. The number of hydrogen-bond acceptors (Lipinski definition) is 4. The van der Waals surface area contributed by atoms with Crippen molar-refractivity contribution in [1.29, 1.82) is 0 Å². The highest BCUT2D eigenvalue weighted by Gasteiger charge is 2.21. The summed E-state index contributed by atoms with van der Waals surface area (Å²) in [6.07, 6.45) is 2.99. The number of carbonyl (C=O) groups excluding carboxylic acids is 1. The van der Waals surface area contributed by atoms with E-state index in [0.717, 1.165) is 37.8 Å². The number of guanidine groups is 1. The standard InChI is InChI=1S/C21H32FN5OS/c1-2-23-21(25-16-19-4-3-15-29-19)24-10-9-20(28)27-13-11-26(12-14-27)18-7-5-17(22)6-8-18/h5-8,19H,2-4,9-16H2,1H3,(H2,23,24,25). The SMILES string of the molecule is CCNC(=NCC1CCCS1)NCCC(=O)N1CCN(c2ccc(F)cc2)CC1. The van der Waals surface area contributed by atoms with E-state index in [0.29, 0.717) is 31.3 Å². The van der Waals surface area contributed by atoms with Gasteiger partial charge in [-0.2, -0.15) is 11.8 Å². The number of benzene rings is 1. The van der Waals surface area contributed by atoms with E-state index in [-0.39, 0.29) is 11.7 Å². The van der Waals surface area contributed by atoms with Crippen LogP contribution in [-0.2, 0) is 4.79 Å². The van der Waals surface area contributed by atoms with Gasteiger partial charge in [-0.25, -0.2) is 4.39 Å². The Bertz CT molecular complexity index is 670. The van der Waals surface area contributed by atoms with Crippen molar-refractivity contribution in [2.24, 2.45) is 4.99 Å². The summed E-state index contributed by atoms with van der Waals surface area (Å²) in [5, 5.41) is 7.18. The smallest absolute Gasteiger partial charge is 0.224 e. The van der Waals surface area contributed by atoms with Crippen molar-refractivity contribution in [2.45, 2.75) is 31.4 Å². The topological polar surface area (TPSA) is 60.0 Å². The summed E-state index contributed by atoms with van der Waals surface area (Å²) in [6, 6.07) is 6.55. The molecule has 3 rings (SSSR count). The molecule has 0 aliphatic carbocycles. The fraction of sp³-hybridized carbons (Fsp3) is 0.619. The van der Waals surface area contributed by atoms with Gasteiger partial charge in [0, 0.05) is 56.6 Å². The molecule has 8 heteroatoms. The first-order valence-corrected chi connectivity index (χ1v) is 11.6. The zero-order valence-electron chi connectivity index (χ0n) is 17.2. The van der Waals surface area contributed by atoms with Crippen LogP contribution in [0.25, 0.3) is 0 Å². The number of amides is 1. The summed E-state index contributed by atoms with van der Waals surface area (Å²) in [6.45, 7) is 7.21. The summed E-state index contributed by atoms with van der Waals surface area (Å²) in [7, 11) is 0. The van der Waals surface area contributed by atoms with E-state index in [4.69, 9.17) is 0 Å². The average molecular weight is 422 g/mol. The van der Waals surface area contributed by atoms with Crippen molar-refractivity contribution >= 4 is 29.3 Å². The van der Waals surface area contributed by atoms with Gasteiger partial charge in [0.15, 0.2) is 5.96 Å². The Labute approximate surface area is 177 Å². The third-order valence-corrected chi connectivity index (χ3v) is 6.66. The number of halogens is 1. The molecular formula is C21H32FN5OS. The molecule has 2 N–H and O–H groups in total. The number of hydrogen-bond donors (Lipinski definition) is 2. The van der Waals surface area contributed by atoms with Crippen LogP contribution < -0.4 is 15.5 Å². The minimum Gasteiger partial charge on any atom is -0.368 e. The normalized spacial score (nSPS) is 20.1. The second kappa shape index (κ2) is 11.3. The van der Waals surface area contributed by atoms with E-state index >= 15 is 0 Å². The van der Waals surface area contributed by atoms with Gasteiger partial charge in [-0.15, -0.1) is 0 Å². The molecule has 2 heterocycles. The van der Waals surface area contributed by atoms with Crippen molar-refractivity contribution in [1.82, 2.24) is 15.5 Å². The highest BCUT2D eigenvalue weighted by molar-refractivity contribution is 8.00. The molecule has 1 aromatic carbocycles. The van der Waals surface area contributed by atoms with E-state index in [1.54, 1.807) is 12.1 Å². The van der Waals surface area contributed by atoms with E-state index in [2.05, 4.69) is 20.5 Å². The molecule has 1 aromatic rings. The number of carbonyl (C=O) groups is 1. The van der Waals surface area contributed by atoms with Crippen LogP contribution in [0.3, 0.4) is 0 Å². The lowest BCUT2D eigenvalue weighted by Crippen LogP contribution is -2.49. The molecule has 29 heavy (non-hydrogen) atoms. The van der Waals surface area contributed by atoms with Gasteiger partial charge in [0.1, 0.15) is 5.82 Å². The van der Waals surface area contributed by atoms with Crippen LogP contribution >= 0.6 is 11.8 Å². The van der Waals surface area contributed by atoms with Gasteiger partial charge in [0.05, 0.1) is 6.54 Å². The second-order valence-corrected chi connectivity index (χ2v) is 8.78. The largest absolute Gasteiger partial charge is 0.368 e. The molecule has 1 unspecified atom stereocenters. The minimum absolute atomic E-state index is 0.165. The lowest BCUT2D eigenvalue weighted by Gasteiger charge is -2.36. The Morgan fingerprint density at radius 2 is 1.97 bits per heavy atom. The number of piperazine rings is 1. The maximum absolute atomic E-state index is 13.1. The highest BCUT2D eigenvalue weighted by Crippen LogP contribution is 2.26. The van der Waals surface area contributed by atoms with Gasteiger partial charge in [0.2, 0.25) is 5.91 Å². The number of rotatable bonds is 7. The quantitative estimate of drug-likeness (QED) is 0.523. The minimum atomic E-state index is -0.225. The monoisotopic (exact) mass is 421 g/mol. The van der Waals surface area contributed by atoms with Gasteiger partial charge in [0.25, 0.3) is 0 Å². The molecule has 0 saturated carbocycles. The van der Waals surface area contributed by atoms with Crippen LogP contribution in [-0.4, -0.2) is 73.6 Å². The second-order valence-electron chi connectivity index (χ2n) is 7.38. The van der Waals surface area contributed by atoms with Crippen LogP contribution in [0, 0.1) is 5.82 Å². The molecule has 2 saturated heterocycles. The van der Waals surface area contributed by atoms with Gasteiger partial charge >= 0.3 is 0 Å². The summed E-state index contributed by atoms with van der Waals surface area (Å²) < 4.78 is 13.1. The molecule has 2 aliphatic heterocycles. The Morgan fingerprint density at radius 3 is 2.62 bits per heavy atom. The zero-order valence-corrected chi connectivity index (χ0v) is 18.0. The van der Waals surface area contributed by atoms with Crippen LogP contribution in [0.4, 0.5) is 10.1 Å². The predicted molar refractivity (Wildman–Crippen MR) is 119 cm³/mol. The number of anilines is 1. The van der Waals surface area contributed by atoms with Crippen LogP contribution in [0.15, 0.2) is 29.3 Å². The Hall–Kier alpha value is -1.96.